The van der Waals surface area contributed by atoms with E-state index in [2.05, 4.69) is 44.8 Å². The van der Waals surface area contributed by atoms with Gasteiger partial charge in [0.25, 0.3) is 0 Å². The Bertz CT molecular complexity index is 636. The van der Waals surface area contributed by atoms with E-state index < -0.39 is 0 Å². The molecule has 0 saturated heterocycles. The van der Waals surface area contributed by atoms with Crippen LogP contribution in [0, 0.1) is 11.8 Å². The maximum atomic E-state index is 5.67. The van der Waals surface area contributed by atoms with Gasteiger partial charge in [0.05, 0.1) is 0 Å². The highest BCUT2D eigenvalue weighted by Gasteiger charge is 1.95. The molecule has 0 bridgehead atoms. The maximum absolute atomic E-state index is 5.67. The molecule has 0 aromatic heterocycles. The third kappa shape index (κ3) is 5.55. The number of hydrogen-bond acceptors (Lipinski definition) is 2. The maximum Gasteiger partial charge on any atom is 0.119 e. The average molecular weight is 358 g/mol. The molecule has 2 nitrogen and oxygen atoms in total. The Labute approximate surface area is 141 Å². The van der Waals surface area contributed by atoms with Crippen molar-refractivity contribution in [3.63, 3.8) is 0 Å². The Hall–Kier alpha value is -1.76. The summed E-state index contributed by atoms with van der Waals surface area (Å²) in [6, 6.07) is 16.2. The lowest BCUT2D eigenvalue weighted by Gasteiger charge is -2.10. The number of hydrogen-bond donors (Lipinski definition) is 0. The van der Waals surface area contributed by atoms with Crippen molar-refractivity contribution < 1.29 is 4.74 Å². The van der Waals surface area contributed by atoms with Gasteiger partial charge < -0.3 is 9.64 Å². The van der Waals surface area contributed by atoms with Crippen LogP contribution in [0.3, 0.4) is 0 Å². The summed E-state index contributed by atoms with van der Waals surface area (Å²) in [5.74, 6) is 7.23. The second-order valence-electron chi connectivity index (χ2n) is 5.26. The van der Waals surface area contributed by atoms with Crippen molar-refractivity contribution in [1.82, 2.24) is 4.90 Å². The Morgan fingerprint density at radius 3 is 1.95 bits per heavy atom. The molecular formula is C19H20BrNO. The Morgan fingerprint density at radius 2 is 1.45 bits per heavy atom. The number of halogens is 1. The highest BCUT2D eigenvalue weighted by Crippen LogP contribution is 2.12. The van der Waals surface area contributed by atoms with Gasteiger partial charge in [-0.25, -0.2) is 0 Å². The molecule has 0 spiro atoms. The van der Waals surface area contributed by atoms with E-state index in [0.717, 1.165) is 28.8 Å². The van der Waals surface area contributed by atoms with Crippen molar-refractivity contribution in [2.75, 3.05) is 27.2 Å². The van der Waals surface area contributed by atoms with Crippen LogP contribution in [-0.2, 0) is 5.33 Å². The Morgan fingerprint density at radius 1 is 0.909 bits per heavy atom. The molecule has 0 atom stereocenters. The zero-order chi connectivity index (χ0) is 15.8. The lowest BCUT2D eigenvalue weighted by Crippen LogP contribution is -2.19. The molecule has 22 heavy (non-hydrogen) atoms. The van der Waals surface area contributed by atoms with Crippen LogP contribution in [-0.4, -0.2) is 32.1 Å². The molecule has 2 aromatic carbocycles. The fraction of sp³-hybridized carbons (Fsp3) is 0.263. The van der Waals surface area contributed by atoms with Gasteiger partial charge in [-0.2, -0.15) is 0 Å². The number of rotatable bonds is 5. The van der Waals surface area contributed by atoms with E-state index in [-0.39, 0.29) is 0 Å². The predicted molar refractivity (Wildman–Crippen MR) is 95.5 cm³/mol. The van der Waals surface area contributed by atoms with Crippen molar-refractivity contribution in [2.45, 2.75) is 5.33 Å². The van der Waals surface area contributed by atoms with Crippen LogP contribution < -0.4 is 4.74 Å². The molecule has 0 radical (unpaired) electrons. The Kier molecular flexibility index (Phi) is 6.51. The molecule has 114 valence electrons. The zero-order valence-electron chi connectivity index (χ0n) is 13.0. The van der Waals surface area contributed by atoms with Crippen LogP contribution in [0.4, 0.5) is 0 Å². The van der Waals surface area contributed by atoms with Gasteiger partial charge in [0.15, 0.2) is 0 Å². The van der Waals surface area contributed by atoms with E-state index >= 15 is 0 Å². The summed E-state index contributed by atoms with van der Waals surface area (Å²) in [6.45, 7) is 1.60. The molecule has 2 rings (SSSR count). The minimum absolute atomic E-state index is 0.692. The number of benzene rings is 2. The molecule has 0 heterocycles. The number of nitrogens with zero attached hydrogens (tertiary/aromatic N) is 1. The van der Waals surface area contributed by atoms with Gasteiger partial charge >= 0.3 is 0 Å². The van der Waals surface area contributed by atoms with Crippen LogP contribution in [0.2, 0.25) is 0 Å². The van der Waals surface area contributed by atoms with Crippen LogP contribution in [0.25, 0.3) is 0 Å². The molecule has 0 fully saturated rings. The molecular weight excluding hydrogens is 338 g/mol. The largest absolute Gasteiger partial charge is 0.492 e. The molecule has 0 aliphatic heterocycles. The van der Waals surface area contributed by atoms with Gasteiger partial charge in [-0.1, -0.05) is 39.9 Å². The number of ether oxygens (including phenoxy) is 1. The van der Waals surface area contributed by atoms with Gasteiger partial charge in [0.1, 0.15) is 12.4 Å². The van der Waals surface area contributed by atoms with Crippen molar-refractivity contribution >= 4 is 15.9 Å². The molecule has 0 amide bonds. The third-order valence-electron chi connectivity index (χ3n) is 3.12. The smallest absolute Gasteiger partial charge is 0.119 e. The van der Waals surface area contributed by atoms with E-state index in [0.29, 0.717) is 6.61 Å². The lowest BCUT2D eigenvalue weighted by molar-refractivity contribution is 0.261. The van der Waals surface area contributed by atoms with Crippen molar-refractivity contribution in [3.05, 3.63) is 65.2 Å². The van der Waals surface area contributed by atoms with Gasteiger partial charge in [-0.3, -0.25) is 0 Å². The van der Waals surface area contributed by atoms with Crippen molar-refractivity contribution in [2.24, 2.45) is 0 Å². The zero-order valence-corrected chi connectivity index (χ0v) is 14.6. The highest BCUT2D eigenvalue weighted by molar-refractivity contribution is 9.08. The summed E-state index contributed by atoms with van der Waals surface area (Å²) >= 11 is 3.44. The minimum Gasteiger partial charge on any atom is -0.492 e. The molecule has 0 unspecified atom stereocenters. The van der Waals surface area contributed by atoms with Gasteiger partial charge in [0, 0.05) is 23.0 Å². The standard InChI is InChI=1S/C19H20BrNO/c1-21(2)13-14-22-19-11-9-17(10-12-19)4-3-16-5-7-18(15-20)8-6-16/h5-12H,13-15H2,1-2H3. The quantitative estimate of drug-likeness (QED) is 0.593. The number of alkyl halides is 1. The summed E-state index contributed by atoms with van der Waals surface area (Å²) in [5, 5.41) is 0.871. The first kappa shape index (κ1) is 16.6. The second kappa shape index (κ2) is 8.63. The van der Waals surface area contributed by atoms with Gasteiger partial charge in [0.2, 0.25) is 0 Å². The topological polar surface area (TPSA) is 12.5 Å². The normalized spacial score (nSPS) is 10.2. The fourth-order valence-corrected chi connectivity index (χ4v) is 2.18. The first-order valence-electron chi connectivity index (χ1n) is 7.22. The third-order valence-corrected chi connectivity index (χ3v) is 3.77. The van der Waals surface area contributed by atoms with Crippen LogP contribution in [0.15, 0.2) is 48.5 Å². The first-order chi connectivity index (χ1) is 10.7. The predicted octanol–water partition coefficient (Wildman–Crippen LogP) is 3.92. The molecule has 0 aliphatic carbocycles. The summed E-state index contributed by atoms with van der Waals surface area (Å²) in [6.07, 6.45) is 0. The monoisotopic (exact) mass is 357 g/mol. The van der Waals surface area contributed by atoms with E-state index in [1.165, 1.54) is 5.56 Å². The van der Waals surface area contributed by atoms with Crippen molar-refractivity contribution in [1.29, 1.82) is 0 Å². The fourth-order valence-electron chi connectivity index (χ4n) is 1.80. The van der Waals surface area contributed by atoms with Crippen molar-refractivity contribution in [3.8, 4) is 17.6 Å². The summed E-state index contributed by atoms with van der Waals surface area (Å²) in [7, 11) is 4.07. The van der Waals surface area contributed by atoms with E-state index in [4.69, 9.17) is 4.74 Å². The SMILES string of the molecule is CN(C)CCOc1ccc(C#Cc2ccc(CBr)cc2)cc1. The van der Waals surface area contributed by atoms with E-state index in [1.807, 2.05) is 50.5 Å². The summed E-state index contributed by atoms with van der Waals surface area (Å²) in [4.78, 5) is 2.10. The van der Waals surface area contributed by atoms with E-state index in [9.17, 15) is 0 Å². The Balaban J connectivity index is 1.94. The number of likely N-dealkylation sites (N-methyl/N-ethyl adjacent to an activating group) is 1. The second-order valence-corrected chi connectivity index (χ2v) is 5.82. The minimum atomic E-state index is 0.692. The van der Waals surface area contributed by atoms with Gasteiger partial charge in [-0.15, -0.1) is 0 Å². The first-order valence-corrected chi connectivity index (χ1v) is 8.34. The van der Waals surface area contributed by atoms with E-state index in [1.54, 1.807) is 0 Å². The van der Waals surface area contributed by atoms with Crippen LogP contribution in [0.5, 0.6) is 5.75 Å². The average Bonchev–Trinajstić information content (AvgIpc) is 2.54. The molecule has 3 heteroatoms. The molecule has 0 aliphatic rings. The van der Waals surface area contributed by atoms with Crippen LogP contribution >= 0.6 is 15.9 Å². The molecule has 2 aromatic rings. The molecule has 0 N–H and O–H groups in total. The summed E-state index contributed by atoms with van der Waals surface area (Å²) < 4.78 is 5.67. The van der Waals surface area contributed by atoms with Gasteiger partial charge in [-0.05, 0) is 56.1 Å². The highest BCUT2D eigenvalue weighted by atomic mass is 79.9. The van der Waals surface area contributed by atoms with Crippen LogP contribution in [0.1, 0.15) is 16.7 Å². The summed E-state index contributed by atoms with van der Waals surface area (Å²) in [5.41, 5.74) is 3.27. The molecule has 0 saturated carbocycles. The lowest BCUT2D eigenvalue weighted by atomic mass is 10.1.